The highest BCUT2D eigenvalue weighted by atomic mass is 16.3. The van der Waals surface area contributed by atoms with Crippen molar-refractivity contribution in [1.29, 1.82) is 0 Å². The minimum absolute atomic E-state index is 0.252. The molecule has 0 saturated carbocycles. The largest absolute Gasteiger partial charge is 0.383 e. The lowest BCUT2D eigenvalue weighted by Crippen LogP contribution is -2.30. The molecule has 1 aliphatic heterocycles. The Balaban J connectivity index is 2.29. The van der Waals surface area contributed by atoms with Crippen molar-refractivity contribution in [2.24, 2.45) is 0 Å². The Morgan fingerprint density at radius 1 is 1.60 bits per heavy atom. The molecule has 1 atom stereocenters. The first-order valence-corrected chi connectivity index (χ1v) is 6.33. The number of likely N-dealkylation sites (N-methyl/N-ethyl adjacent to an activating group) is 1. The quantitative estimate of drug-likeness (QED) is 0.821. The molecule has 1 unspecified atom stereocenters. The van der Waals surface area contributed by atoms with Gasteiger partial charge in [0.05, 0.1) is 11.4 Å². The summed E-state index contributed by atoms with van der Waals surface area (Å²) in [6, 6.07) is 3.40. The molecule has 0 spiro atoms. The second-order valence-corrected chi connectivity index (χ2v) is 4.67. The number of pyridine rings is 1. The fourth-order valence-corrected chi connectivity index (χ4v) is 2.17. The number of aryl methyl sites for hydroxylation is 1. The van der Waals surface area contributed by atoms with E-state index in [1.165, 1.54) is 15.9 Å². The number of nitrogens with zero attached hydrogens (tertiary/aromatic N) is 3. The number of anilines is 2. The van der Waals surface area contributed by atoms with Crippen LogP contribution in [-0.4, -0.2) is 41.6 Å². The van der Waals surface area contributed by atoms with Crippen LogP contribution in [0.1, 0.15) is 12.1 Å². The smallest absolute Gasteiger partial charge is 0.255 e. The van der Waals surface area contributed by atoms with Gasteiger partial charge in [-0.05, 0) is 25.1 Å². The average molecular weight is 275 g/mol. The van der Waals surface area contributed by atoms with Crippen LogP contribution in [0.3, 0.4) is 0 Å². The van der Waals surface area contributed by atoms with Crippen LogP contribution >= 0.6 is 0 Å². The number of carbonyl (C=O) groups excluding carboxylic acids is 2. The van der Waals surface area contributed by atoms with Crippen LogP contribution in [-0.2, 0) is 9.59 Å². The van der Waals surface area contributed by atoms with E-state index < -0.39 is 6.10 Å². The van der Waals surface area contributed by atoms with E-state index in [0.717, 1.165) is 0 Å². The zero-order chi connectivity index (χ0) is 14.9. The average Bonchev–Trinajstić information content (AvgIpc) is 2.77. The highest BCUT2D eigenvalue weighted by molar-refractivity contribution is 6.01. The third-order valence-corrected chi connectivity index (χ3v) is 3.36. The zero-order valence-electron chi connectivity index (χ0n) is 11.5. The molecule has 1 aromatic rings. The molecule has 1 aliphatic rings. The van der Waals surface area contributed by atoms with Crippen LogP contribution in [0.4, 0.5) is 11.5 Å². The molecule has 1 fully saturated rings. The van der Waals surface area contributed by atoms with Gasteiger partial charge in [-0.2, -0.15) is 0 Å². The van der Waals surface area contributed by atoms with Crippen molar-refractivity contribution in [3.63, 3.8) is 0 Å². The van der Waals surface area contributed by atoms with E-state index >= 15 is 0 Å². The van der Waals surface area contributed by atoms with Crippen molar-refractivity contribution >= 4 is 23.3 Å². The van der Waals surface area contributed by atoms with Crippen molar-refractivity contribution in [2.45, 2.75) is 19.4 Å². The standard InChI is InChI=1S/C14H17N3O3/c1-4-13(19)16(3)12-6-5-10(9(2)15-12)17-8-7-11(18)14(17)20/h4-6,11,18H,1,7-8H2,2-3H3. The van der Waals surface area contributed by atoms with Crippen molar-refractivity contribution in [1.82, 2.24) is 4.98 Å². The molecule has 1 saturated heterocycles. The summed E-state index contributed by atoms with van der Waals surface area (Å²) < 4.78 is 0. The Labute approximate surface area is 117 Å². The molecule has 106 valence electrons. The maximum Gasteiger partial charge on any atom is 0.255 e. The van der Waals surface area contributed by atoms with Gasteiger partial charge in [0, 0.05) is 20.0 Å². The third kappa shape index (κ3) is 2.42. The van der Waals surface area contributed by atoms with E-state index in [2.05, 4.69) is 11.6 Å². The lowest BCUT2D eigenvalue weighted by atomic mass is 10.2. The fourth-order valence-electron chi connectivity index (χ4n) is 2.17. The van der Waals surface area contributed by atoms with Gasteiger partial charge in [0.15, 0.2) is 0 Å². The van der Waals surface area contributed by atoms with Gasteiger partial charge in [-0.1, -0.05) is 6.58 Å². The van der Waals surface area contributed by atoms with Crippen molar-refractivity contribution in [2.75, 3.05) is 23.4 Å². The minimum atomic E-state index is -0.931. The number of aliphatic hydroxyl groups excluding tert-OH is 1. The number of hydrogen-bond acceptors (Lipinski definition) is 4. The molecule has 2 heterocycles. The molecular formula is C14H17N3O3. The maximum absolute atomic E-state index is 11.8. The van der Waals surface area contributed by atoms with E-state index in [4.69, 9.17) is 0 Å². The van der Waals surface area contributed by atoms with Gasteiger partial charge in [0.1, 0.15) is 11.9 Å². The summed E-state index contributed by atoms with van der Waals surface area (Å²) in [7, 11) is 1.61. The summed E-state index contributed by atoms with van der Waals surface area (Å²) in [6.45, 7) is 5.67. The molecule has 1 N–H and O–H groups in total. The highest BCUT2D eigenvalue weighted by Gasteiger charge is 2.31. The summed E-state index contributed by atoms with van der Waals surface area (Å²) in [5, 5.41) is 9.49. The zero-order valence-corrected chi connectivity index (χ0v) is 11.5. The van der Waals surface area contributed by atoms with Gasteiger partial charge < -0.3 is 10.0 Å². The summed E-state index contributed by atoms with van der Waals surface area (Å²) in [5.74, 6) is -0.0705. The first-order valence-electron chi connectivity index (χ1n) is 6.33. The SMILES string of the molecule is C=CC(=O)N(C)c1ccc(N2CCC(O)C2=O)c(C)n1. The Morgan fingerprint density at radius 3 is 2.80 bits per heavy atom. The van der Waals surface area contributed by atoms with Crippen LogP contribution in [0.15, 0.2) is 24.8 Å². The van der Waals surface area contributed by atoms with Crippen LogP contribution in [0.2, 0.25) is 0 Å². The Kier molecular flexibility index (Phi) is 3.85. The predicted molar refractivity (Wildman–Crippen MR) is 75.6 cm³/mol. The maximum atomic E-state index is 11.8. The molecule has 20 heavy (non-hydrogen) atoms. The van der Waals surface area contributed by atoms with Crippen molar-refractivity contribution in [3.8, 4) is 0 Å². The number of amides is 2. The first-order chi connectivity index (χ1) is 9.45. The molecule has 0 aromatic carbocycles. The van der Waals surface area contributed by atoms with Crippen molar-refractivity contribution in [3.05, 3.63) is 30.5 Å². The molecule has 2 rings (SSSR count). The third-order valence-electron chi connectivity index (χ3n) is 3.36. The number of carbonyl (C=O) groups is 2. The predicted octanol–water partition coefficient (Wildman–Crippen LogP) is 0.636. The van der Waals surface area contributed by atoms with Gasteiger partial charge in [-0.3, -0.25) is 14.5 Å². The molecule has 0 aliphatic carbocycles. The summed E-state index contributed by atoms with van der Waals surface area (Å²) in [4.78, 5) is 30.6. The van der Waals surface area contributed by atoms with Gasteiger partial charge in [-0.25, -0.2) is 4.98 Å². The monoisotopic (exact) mass is 275 g/mol. The van der Waals surface area contributed by atoms with Crippen LogP contribution in [0.25, 0.3) is 0 Å². The Bertz CT molecular complexity index is 571. The summed E-state index contributed by atoms with van der Waals surface area (Å²) in [6.07, 6.45) is 0.708. The van der Waals surface area contributed by atoms with E-state index in [9.17, 15) is 14.7 Å². The fraction of sp³-hybridized carbons (Fsp3) is 0.357. The van der Waals surface area contributed by atoms with Gasteiger partial charge in [-0.15, -0.1) is 0 Å². The van der Waals surface area contributed by atoms with E-state index in [-0.39, 0.29) is 11.8 Å². The number of rotatable bonds is 3. The van der Waals surface area contributed by atoms with E-state index in [0.29, 0.717) is 30.2 Å². The minimum Gasteiger partial charge on any atom is -0.383 e. The van der Waals surface area contributed by atoms with Crippen LogP contribution in [0, 0.1) is 6.92 Å². The molecule has 1 aromatic heterocycles. The Hall–Kier alpha value is -2.21. The van der Waals surface area contributed by atoms with Crippen LogP contribution in [0.5, 0.6) is 0 Å². The van der Waals surface area contributed by atoms with Crippen LogP contribution < -0.4 is 9.80 Å². The van der Waals surface area contributed by atoms with E-state index in [1.807, 2.05) is 0 Å². The molecule has 2 amide bonds. The Morgan fingerprint density at radius 2 is 2.30 bits per heavy atom. The van der Waals surface area contributed by atoms with Gasteiger partial charge in [0.25, 0.3) is 11.8 Å². The lowest BCUT2D eigenvalue weighted by molar-refractivity contribution is -0.124. The molecular weight excluding hydrogens is 258 g/mol. The van der Waals surface area contributed by atoms with E-state index in [1.54, 1.807) is 26.1 Å². The second-order valence-electron chi connectivity index (χ2n) is 4.67. The summed E-state index contributed by atoms with van der Waals surface area (Å²) >= 11 is 0. The normalized spacial score (nSPS) is 18.2. The summed E-state index contributed by atoms with van der Waals surface area (Å²) in [5.41, 5.74) is 1.29. The topological polar surface area (TPSA) is 73.7 Å². The van der Waals surface area contributed by atoms with Gasteiger partial charge in [0.2, 0.25) is 0 Å². The second kappa shape index (κ2) is 5.42. The number of hydrogen-bond donors (Lipinski definition) is 1. The van der Waals surface area contributed by atoms with Crippen molar-refractivity contribution < 1.29 is 14.7 Å². The molecule has 0 bridgehead atoms. The number of aliphatic hydroxyl groups is 1. The molecule has 6 nitrogen and oxygen atoms in total. The molecule has 6 heteroatoms. The molecule has 0 radical (unpaired) electrons. The van der Waals surface area contributed by atoms with Gasteiger partial charge >= 0.3 is 0 Å². The number of aromatic nitrogens is 1. The first kappa shape index (κ1) is 14.2. The lowest BCUT2D eigenvalue weighted by Gasteiger charge is -2.20. The highest BCUT2D eigenvalue weighted by Crippen LogP contribution is 2.26.